The van der Waals surface area contributed by atoms with Crippen molar-refractivity contribution >= 4 is 12.2 Å². The molecule has 0 bridgehead atoms. The maximum Gasteiger partial charge on any atom is 0.416 e. The minimum atomic E-state index is -4.95. The summed E-state index contributed by atoms with van der Waals surface area (Å²) in [5, 5.41) is 0. The van der Waals surface area contributed by atoms with Crippen molar-refractivity contribution in [3.8, 4) is 16.9 Å². The van der Waals surface area contributed by atoms with E-state index in [1.807, 2.05) is 0 Å². The molecule has 1 aromatic heterocycles. The number of aromatic nitrogens is 2. The minimum absolute atomic E-state index is 0.134. The quantitative estimate of drug-likeness (QED) is 0.0697. The van der Waals surface area contributed by atoms with Crippen LogP contribution < -0.4 is 16.0 Å². The molecular formula is C35H34F5N3O5. The second kappa shape index (κ2) is 15.7. The van der Waals surface area contributed by atoms with Crippen molar-refractivity contribution in [2.24, 2.45) is 4.99 Å². The van der Waals surface area contributed by atoms with Crippen LogP contribution in [0.5, 0.6) is 5.75 Å². The van der Waals surface area contributed by atoms with Crippen LogP contribution in [0.25, 0.3) is 11.1 Å². The lowest BCUT2D eigenvalue weighted by Crippen LogP contribution is -2.43. The SMILES string of the molecule is CCOC(=O)CCCN=CC(Cn1c(=O)c(-c2cccc(OC)c2F)c(C)n(Cc2c(F)cccc2C(F)(F)F)c1=O)c1ccccc1. The number of hydrogen-bond donors (Lipinski definition) is 0. The molecule has 48 heavy (non-hydrogen) atoms. The lowest BCUT2D eigenvalue weighted by Gasteiger charge is -2.22. The summed E-state index contributed by atoms with van der Waals surface area (Å²) in [7, 11) is 1.22. The molecule has 0 saturated carbocycles. The standard InChI is InChI=1S/C35H34F5N3O5/c1-4-48-30(44)17-10-18-41-19-24(23-11-6-5-7-12-23)20-43-33(45)31(25-13-8-16-29(47-3)32(25)37)22(2)42(34(43)46)21-26-27(35(38,39)40)14-9-15-28(26)36/h5-9,11-16,19,24H,4,10,17-18,20-21H2,1-3H3. The molecule has 0 aliphatic rings. The molecule has 0 aliphatic heterocycles. The van der Waals surface area contributed by atoms with Crippen molar-refractivity contribution in [1.82, 2.24) is 9.13 Å². The molecular weight excluding hydrogens is 637 g/mol. The zero-order chi connectivity index (χ0) is 35.0. The smallest absolute Gasteiger partial charge is 0.416 e. The predicted molar refractivity (Wildman–Crippen MR) is 171 cm³/mol. The van der Waals surface area contributed by atoms with Gasteiger partial charge in [-0.15, -0.1) is 0 Å². The first-order chi connectivity index (χ1) is 22.9. The predicted octanol–water partition coefficient (Wildman–Crippen LogP) is 6.54. The van der Waals surface area contributed by atoms with E-state index in [0.29, 0.717) is 18.1 Å². The molecule has 1 heterocycles. The molecule has 0 radical (unpaired) electrons. The Kier molecular flexibility index (Phi) is 11.7. The molecule has 3 aromatic carbocycles. The number of aliphatic imine (C=N–C) groups is 1. The number of benzene rings is 3. The summed E-state index contributed by atoms with van der Waals surface area (Å²) in [6, 6.07) is 15.2. The van der Waals surface area contributed by atoms with Crippen LogP contribution in [0.1, 0.15) is 48.1 Å². The summed E-state index contributed by atoms with van der Waals surface area (Å²) in [5.74, 6) is -3.43. The zero-order valence-corrected chi connectivity index (χ0v) is 26.5. The normalized spacial score (nSPS) is 12.3. The first-order valence-corrected chi connectivity index (χ1v) is 15.1. The van der Waals surface area contributed by atoms with Gasteiger partial charge in [-0.2, -0.15) is 13.2 Å². The van der Waals surface area contributed by atoms with Crippen molar-refractivity contribution in [2.75, 3.05) is 20.3 Å². The van der Waals surface area contributed by atoms with Gasteiger partial charge in [-0.1, -0.05) is 48.5 Å². The Hall–Kier alpha value is -5.07. The second-order valence-electron chi connectivity index (χ2n) is 10.8. The molecule has 0 saturated heterocycles. The van der Waals surface area contributed by atoms with Gasteiger partial charge in [-0.25, -0.2) is 13.6 Å². The highest BCUT2D eigenvalue weighted by Crippen LogP contribution is 2.34. The topological polar surface area (TPSA) is 91.9 Å². The summed E-state index contributed by atoms with van der Waals surface area (Å²) >= 11 is 0. The minimum Gasteiger partial charge on any atom is -0.494 e. The fourth-order valence-electron chi connectivity index (χ4n) is 5.35. The van der Waals surface area contributed by atoms with E-state index in [-0.39, 0.29) is 54.7 Å². The van der Waals surface area contributed by atoms with E-state index in [4.69, 9.17) is 9.47 Å². The van der Waals surface area contributed by atoms with Crippen LogP contribution in [0, 0.1) is 18.6 Å². The maximum atomic E-state index is 15.6. The van der Waals surface area contributed by atoms with Crippen molar-refractivity contribution in [3.63, 3.8) is 0 Å². The molecule has 0 N–H and O–H groups in total. The number of ether oxygens (including phenoxy) is 2. The molecule has 0 amide bonds. The Bertz CT molecular complexity index is 1900. The van der Waals surface area contributed by atoms with Crippen LogP contribution in [-0.2, 0) is 28.8 Å². The van der Waals surface area contributed by atoms with E-state index < -0.39 is 52.6 Å². The third kappa shape index (κ3) is 8.07. The van der Waals surface area contributed by atoms with Crippen molar-refractivity contribution < 1.29 is 36.2 Å². The number of carbonyl (C=O) groups is 1. The summed E-state index contributed by atoms with van der Waals surface area (Å²) < 4.78 is 84.2. The van der Waals surface area contributed by atoms with Crippen molar-refractivity contribution in [1.29, 1.82) is 0 Å². The molecule has 0 aliphatic carbocycles. The third-order valence-corrected chi connectivity index (χ3v) is 7.75. The molecule has 8 nitrogen and oxygen atoms in total. The van der Waals surface area contributed by atoms with Gasteiger partial charge in [-0.05, 0) is 44.0 Å². The van der Waals surface area contributed by atoms with Gasteiger partial charge in [0.25, 0.3) is 5.56 Å². The number of esters is 1. The van der Waals surface area contributed by atoms with Gasteiger partial charge in [0.1, 0.15) is 5.82 Å². The van der Waals surface area contributed by atoms with Crippen LogP contribution in [0.2, 0.25) is 0 Å². The summed E-state index contributed by atoms with van der Waals surface area (Å²) in [5.41, 5.74) is -4.15. The van der Waals surface area contributed by atoms with Gasteiger partial charge in [0.2, 0.25) is 0 Å². The zero-order valence-electron chi connectivity index (χ0n) is 26.5. The van der Waals surface area contributed by atoms with Crippen LogP contribution in [0.3, 0.4) is 0 Å². The highest BCUT2D eigenvalue weighted by molar-refractivity contribution is 5.70. The van der Waals surface area contributed by atoms with Gasteiger partial charge in [-0.3, -0.25) is 23.7 Å². The van der Waals surface area contributed by atoms with Gasteiger partial charge < -0.3 is 9.47 Å². The number of halogens is 5. The fourth-order valence-corrected chi connectivity index (χ4v) is 5.35. The average Bonchev–Trinajstić information content (AvgIpc) is 3.05. The van der Waals surface area contributed by atoms with Crippen LogP contribution in [0.4, 0.5) is 22.0 Å². The Morgan fingerprint density at radius 2 is 1.69 bits per heavy atom. The molecule has 0 fully saturated rings. The van der Waals surface area contributed by atoms with E-state index in [2.05, 4.69) is 4.99 Å². The van der Waals surface area contributed by atoms with Crippen LogP contribution >= 0.6 is 0 Å². The Labute approximate surface area is 273 Å². The molecule has 1 unspecified atom stereocenters. The summed E-state index contributed by atoms with van der Waals surface area (Å²) in [4.78, 5) is 44.3. The molecule has 13 heteroatoms. The lowest BCUT2D eigenvalue weighted by atomic mass is 9.99. The van der Waals surface area contributed by atoms with Crippen LogP contribution in [-0.4, -0.2) is 41.6 Å². The van der Waals surface area contributed by atoms with E-state index in [1.165, 1.54) is 38.4 Å². The first kappa shape index (κ1) is 35.8. The number of hydrogen-bond acceptors (Lipinski definition) is 6. The average molecular weight is 672 g/mol. The molecule has 4 aromatic rings. The van der Waals surface area contributed by atoms with Crippen LogP contribution in [0.15, 0.2) is 81.3 Å². The van der Waals surface area contributed by atoms with Gasteiger partial charge in [0, 0.05) is 48.5 Å². The third-order valence-electron chi connectivity index (χ3n) is 7.75. The molecule has 4 rings (SSSR count). The maximum absolute atomic E-state index is 15.6. The summed E-state index contributed by atoms with van der Waals surface area (Å²) in [6.45, 7) is 2.21. The van der Waals surface area contributed by atoms with E-state index in [1.54, 1.807) is 37.3 Å². The molecule has 0 spiro atoms. The first-order valence-electron chi connectivity index (χ1n) is 15.1. The number of nitrogens with zero attached hydrogens (tertiary/aromatic N) is 3. The monoisotopic (exact) mass is 671 g/mol. The molecule has 254 valence electrons. The second-order valence-corrected chi connectivity index (χ2v) is 10.8. The number of rotatable bonds is 13. The van der Waals surface area contributed by atoms with Crippen molar-refractivity contribution in [3.05, 3.63) is 122 Å². The van der Waals surface area contributed by atoms with Crippen molar-refractivity contribution in [2.45, 2.75) is 51.9 Å². The number of carbonyl (C=O) groups excluding carboxylic acids is 1. The largest absolute Gasteiger partial charge is 0.494 e. The van der Waals surface area contributed by atoms with Gasteiger partial charge in [0.05, 0.1) is 31.4 Å². The van der Waals surface area contributed by atoms with E-state index in [0.717, 1.165) is 21.3 Å². The Morgan fingerprint density at radius 3 is 2.35 bits per heavy atom. The highest BCUT2D eigenvalue weighted by atomic mass is 19.4. The Morgan fingerprint density at radius 1 is 0.979 bits per heavy atom. The number of alkyl halides is 3. The van der Waals surface area contributed by atoms with Gasteiger partial charge in [0.15, 0.2) is 11.6 Å². The fraction of sp³-hybridized carbons (Fsp3) is 0.314. The molecule has 1 atom stereocenters. The van der Waals surface area contributed by atoms with E-state index in [9.17, 15) is 27.6 Å². The lowest BCUT2D eigenvalue weighted by molar-refractivity contribution is -0.143. The number of methoxy groups -OCH3 is 1. The van der Waals surface area contributed by atoms with E-state index >= 15 is 8.78 Å². The summed E-state index contributed by atoms with van der Waals surface area (Å²) in [6.07, 6.45) is -2.93. The van der Waals surface area contributed by atoms with Gasteiger partial charge >= 0.3 is 17.8 Å². The highest BCUT2D eigenvalue weighted by Gasteiger charge is 2.35. The Balaban J connectivity index is 1.90.